The van der Waals surface area contributed by atoms with Crippen LogP contribution >= 0.6 is 23.2 Å². The number of hydrogen-bond acceptors (Lipinski definition) is 14. The number of rotatable bonds is 17. The van der Waals surface area contributed by atoms with Crippen LogP contribution in [-0.4, -0.2) is 137 Å². The monoisotopic (exact) mass is 876 g/mol. The number of halogens is 2. The summed E-state index contributed by atoms with van der Waals surface area (Å²) in [7, 11) is -13.2. The maximum Gasteiger partial charge on any atom is 0.267 e. The van der Waals surface area contributed by atoms with Crippen LogP contribution in [0.4, 0.5) is 5.82 Å². The first-order valence-electron chi connectivity index (χ1n) is 18.1. The third-order valence-electron chi connectivity index (χ3n) is 10.5. The third kappa shape index (κ3) is 13.2. The molecule has 19 nitrogen and oxygen atoms in total. The molecule has 1 aromatic heterocycles. The van der Waals surface area contributed by atoms with Crippen molar-refractivity contribution >= 4 is 65.3 Å². The second-order valence-corrected chi connectivity index (χ2v) is 20.5. The van der Waals surface area contributed by atoms with Crippen LogP contribution < -0.4 is 10.6 Å². The molecule has 3 aliphatic carbocycles. The maximum absolute atomic E-state index is 12.2. The van der Waals surface area contributed by atoms with Gasteiger partial charge in [0.1, 0.15) is 11.6 Å². The van der Waals surface area contributed by atoms with Gasteiger partial charge in [-0.25, -0.2) is 4.68 Å². The second-order valence-electron chi connectivity index (χ2n) is 14.4. The molecule has 1 heterocycles. The van der Waals surface area contributed by atoms with Crippen molar-refractivity contribution in [1.29, 1.82) is 5.26 Å². The molecule has 5 N–H and O–H groups in total. The molecule has 3 saturated carbocycles. The van der Waals surface area contributed by atoms with Crippen molar-refractivity contribution in [2.45, 2.75) is 136 Å². The van der Waals surface area contributed by atoms with Crippen LogP contribution in [0, 0.1) is 11.3 Å². The van der Waals surface area contributed by atoms with Crippen LogP contribution in [0.15, 0.2) is 16.4 Å². The molecule has 0 radical (unpaired) electrons. The second kappa shape index (κ2) is 19.6. The van der Waals surface area contributed by atoms with E-state index in [4.69, 9.17) is 32.5 Å². The third-order valence-corrected chi connectivity index (χ3v) is 14.7. The van der Waals surface area contributed by atoms with Gasteiger partial charge in [-0.05, 0) is 77.3 Å². The van der Waals surface area contributed by atoms with Gasteiger partial charge in [0.05, 0.1) is 64.2 Å². The Morgan fingerprint density at radius 2 is 1.65 bits per heavy atom. The van der Waals surface area contributed by atoms with Gasteiger partial charge < -0.3 is 15.0 Å². The van der Waals surface area contributed by atoms with Gasteiger partial charge in [0.2, 0.25) is 5.91 Å². The molecule has 7 unspecified atom stereocenters. The Kier molecular flexibility index (Phi) is 16.3. The molecular weight excluding hydrogens is 827 g/mol. The standard InChI is InChI=1S/C31H50Cl2N8O11S3/c1-3-40(8-4-5-9-53(43,44)45)22-6-7-28(29(12-22)37-19(2)42)38-39-31-20(16-34)17-36-41(31)30-26(32)10-21(11-27(30)33)35-18-52-23-13-24(54(46,47)48)15-25(14-23)55(49,50)51/h17,21-30,35H,3-15,18H2,1-2H3,(H,37,42)(H,43,44,45)(H,46,47,48)(H,49,50,51). The zero-order chi connectivity index (χ0) is 40.7. The van der Waals surface area contributed by atoms with E-state index in [2.05, 4.69) is 36.9 Å². The molecule has 3 aliphatic rings. The summed E-state index contributed by atoms with van der Waals surface area (Å²) in [5.74, 6) is -0.376. The zero-order valence-electron chi connectivity index (χ0n) is 30.5. The highest BCUT2D eigenvalue weighted by Gasteiger charge is 2.42. The van der Waals surface area contributed by atoms with Gasteiger partial charge >= 0.3 is 0 Å². The lowest BCUT2D eigenvalue weighted by Gasteiger charge is -2.39. The first-order chi connectivity index (χ1) is 25.7. The van der Waals surface area contributed by atoms with E-state index >= 15 is 0 Å². The summed E-state index contributed by atoms with van der Waals surface area (Å²) in [6, 6.07) is 0.493. The fourth-order valence-electron chi connectivity index (χ4n) is 7.79. The molecule has 24 heteroatoms. The van der Waals surface area contributed by atoms with Crippen LogP contribution in [0.3, 0.4) is 0 Å². The zero-order valence-corrected chi connectivity index (χ0v) is 34.5. The number of hydrogen-bond donors (Lipinski definition) is 5. The van der Waals surface area contributed by atoms with Crippen molar-refractivity contribution in [3.05, 3.63) is 11.8 Å². The molecule has 1 aromatic rings. The molecule has 0 saturated heterocycles. The topological polar surface area (TPSA) is 283 Å². The smallest absolute Gasteiger partial charge is 0.267 e. The normalized spacial score (nSPS) is 31.0. The number of carbonyl (C=O) groups excluding carboxylic acids is 1. The maximum atomic E-state index is 12.2. The van der Waals surface area contributed by atoms with Crippen molar-refractivity contribution in [3.63, 3.8) is 0 Å². The molecule has 7 atom stereocenters. The van der Waals surface area contributed by atoms with Crippen molar-refractivity contribution in [1.82, 2.24) is 25.3 Å². The SMILES string of the molecule is CCN(CCCCS(=O)(=O)O)C1CCC(N=Nc2c(C#N)cnn2C2C(Cl)CC(NCOC3CC(S(=O)(=O)O)CC(S(=O)(=O)O)C3)CC2Cl)C(NC(C)=O)C1. The number of unbranched alkanes of at least 4 members (excludes halogenated alkanes) is 1. The number of nitrogens with zero attached hydrogens (tertiary/aromatic N) is 6. The number of aromatic nitrogens is 2. The molecule has 55 heavy (non-hydrogen) atoms. The van der Waals surface area contributed by atoms with E-state index in [1.54, 1.807) is 0 Å². The van der Waals surface area contributed by atoms with Gasteiger partial charge in [0, 0.05) is 19.0 Å². The fraction of sp³-hybridized carbons (Fsp3) is 0.839. The minimum absolute atomic E-state index is 0.0901. The molecule has 0 bridgehead atoms. The first-order valence-corrected chi connectivity index (χ1v) is 23.6. The van der Waals surface area contributed by atoms with Gasteiger partial charge in [-0.1, -0.05) is 6.92 Å². The van der Waals surface area contributed by atoms with E-state index in [1.165, 1.54) is 17.8 Å². The number of nitriles is 1. The number of carbonyl (C=O) groups is 1. The Labute approximate surface area is 332 Å². The van der Waals surface area contributed by atoms with Gasteiger partial charge in [-0.2, -0.15) is 40.7 Å². The van der Waals surface area contributed by atoms with Gasteiger partial charge in [-0.3, -0.25) is 23.8 Å². The molecule has 0 spiro atoms. The Morgan fingerprint density at radius 3 is 2.20 bits per heavy atom. The van der Waals surface area contributed by atoms with Crippen molar-refractivity contribution in [2.24, 2.45) is 10.2 Å². The number of nitrogens with one attached hydrogen (secondary N) is 2. The van der Waals surface area contributed by atoms with Crippen molar-refractivity contribution in [2.75, 3.05) is 25.6 Å². The highest BCUT2D eigenvalue weighted by atomic mass is 35.5. The number of azo groups is 1. The summed E-state index contributed by atoms with van der Waals surface area (Å²) >= 11 is 13.8. The van der Waals surface area contributed by atoms with E-state index in [1.807, 2.05) is 6.92 Å². The lowest BCUT2D eigenvalue weighted by Crippen LogP contribution is -2.51. The van der Waals surface area contributed by atoms with E-state index in [-0.39, 0.29) is 60.7 Å². The van der Waals surface area contributed by atoms with E-state index in [9.17, 15) is 44.4 Å². The Balaban J connectivity index is 1.39. The van der Waals surface area contributed by atoms with Gasteiger partial charge in [0.25, 0.3) is 30.4 Å². The summed E-state index contributed by atoms with van der Waals surface area (Å²) in [6.45, 7) is 4.63. The predicted molar refractivity (Wildman–Crippen MR) is 202 cm³/mol. The molecule has 1 amide bonds. The van der Waals surface area contributed by atoms with Crippen molar-refractivity contribution < 1.29 is 48.4 Å². The van der Waals surface area contributed by atoms with E-state index < -0.39 is 76.2 Å². The van der Waals surface area contributed by atoms with Crippen LogP contribution in [0.5, 0.6) is 0 Å². The number of amides is 1. The summed E-state index contributed by atoms with van der Waals surface area (Å²) in [5.41, 5.74) is 0.149. The Bertz CT molecular complexity index is 1830. The van der Waals surface area contributed by atoms with Gasteiger partial charge in [0.15, 0.2) is 5.82 Å². The molecule has 0 aliphatic heterocycles. The van der Waals surface area contributed by atoms with E-state index in [0.29, 0.717) is 51.6 Å². The quantitative estimate of drug-likeness (QED) is 0.0495. The Hall–Kier alpha value is -2.04. The van der Waals surface area contributed by atoms with Crippen LogP contribution in [-0.2, 0) is 39.9 Å². The molecule has 0 aromatic carbocycles. The molecular formula is C31H50Cl2N8O11S3. The Morgan fingerprint density at radius 1 is 1.02 bits per heavy atom. The van der Waals surface area contributed by atoms with Crippen LogP contribution in [0.1, 0.15) is 89.7 Å². The van der Waals surface area contributed by atoms with Crippen LogP contribution in [0.2, 0.25) is 0 Å². The molecule has 312 valence electrons. The summed E-state index contributed by atoms with van der Waals surface area (Å²) in [6.07, 6.45) is 3.22. The fourth-order valence-corrected chi connectivity index (χ4v) is 11.4. The van der Waals surface area contributed by atoms with Crippen molar-refractivity contribution in [3.8, 4) is 6.07 Å². The average molecular weight is 878 g/mol. The number of ether oxygens (including phenoxy) is 1. The van der Waals surface area contributed by atoms with Gasteiger partial charge in [-0.15, -0.1) is 28.3 Å². The highest BCUT2D eigenvalue weighted by Crippen LogP contribution is 2.40. The lowest BCUT2D eigenvalue weighted by molar-refractivity contribution is -0.120. The minimum atomic E-state index is -4.57. The largest absolute Gasteiger partial charge is 0.363 e. The summed E-state index contributed by atoms with van der Waals surface area (Å²) < 4.78 is 105. The predicted octanol–water partition coefficient (Wildman–Crippen LogP) is 2.80. The summed E-state index contributed by atoms with van der Waals surface area (Å²) in [4.78, 5) is 14.4. The molecule has 4 rings (SSSR count). The summed E-state index contributed by atoms with van der Waals surface area (Å²) in [5, 5.41) is 25.5. The average Bonchev–Trinajstić information content (AvgIpc) is 3.48. The van der Waals surface area contributed by atoms with Crippen LogP contribution in [0.25, 0.3) is 0 Å². The highest BCUT2D eigenvalue weighted by molar-refractivity contribution is 7.87. The lowest BCUT2D eigenvalue weighted by atomic mass is 9.86. The minimum Gasteiger partial charge on any atom is -0.363 e. The number of alkyl halides is 2. The molecule has 3 fully saturated rings. The van der Waals surface area contributed by atoms with E-state index in [0.717, 1.165) is 6.42 Å². The first kappa shape index (κ1) is 45.7.